The zero-order valence-electron chi connectivity index (χ0n) is 11.1. The molecule has 2 rings (SSSR count). The second-order valence-electron chi connectivity index (χ2n) is 4.65. The zero-order chi connectivity index (χ0) is 14.7. The number of hydrogen-bond donors (Lipinski definition) is 3. The number of fused-ring (bicyclic) bond motifs is 1. The molecule has 0 fully saturated rings. The Morgan fingerprint density at radius 3 is 2.45 bits per heavy atom. The summed E-state index contributed by atoms with van der Waals surface area (Å²) in [6, 6.07) is 10.2. The molecule has 0 heterocycles. The molecule has 5 nitrogen and oxygen atoms in total. The van der Waals surface area contributed by atoms with Crippen LogP contribution in [0.1, 0.15) is 12.5 Å². The summed E-state index contributed by atoms with van der Waals surface area (Å²) in [5.41, 5.74) is 7.40. The lowest BCUT2D eigenvalue weighted by atomic mass is 9.97. The monoisotopic (exact) mass is 272 g/mol. The van der Waals surface area contributed by atoms with Gasteiger partial charge >= 0.3 is 5.97 Å². The largest absolute Gasteiger partial charge is 0.480 e. The van der Waals surface area contributed by atoms with Crippen LogP contribution in [0.25, 0.3) is 10.8 Å². The number of aliphatic carboxylic acids is 1. The van der Waals surface area contributed by atoms with E-state index >= 15 is 0 Å². The van der Waals surface area contributed by atoms with E-state index in [4.69, 9.17) is 5.73 Å². The second-order valence-corrected chi connectivity index (χ2v) is 4.65. The highest BCUT2D eigenvalue weighted by Gasteiger charge is 2.20. The quantitative estimate of drug-likeness (QED) is 0.736. The summed E-state index contributed by atoms with van der Waals surface area (Å²) in [6.07, 6.45) is 0.218. The molecule has 20 heavy (non-hydrogen) atoms. The lowest BCUT2D eigenvalue weighted by Gasteiger charge is -2.15. The molecule has 4 N–H and O–H groups in total. The van der Waals surface area contributed by atoms with Crippen LogP contribution in [0.3, 0.4) is 0 Å². The molecule has 2 aromatic carbocycles. The number of rotatable bonds is 4. The molecule has 1 unspecified atom stereocenters. The van der Waals surface area contributed by atoms with E-state index in [0.29, 0.717) is 5.69 Å². The summed E-state index contributed by atoms with van der Waals surface area (Å²) in [5, 5.41) is 13.4. The van der Waals surface area contributed by atoms with Crippen LogP contribution in [0.2, 0.25) is 0 Å². The van der Waals surface area contributed by atoms with Crippen LogP contribution in [-0.2, 0) is 16.0 Å². The van der Waals surface area contributed by atoms with Crippen LogP contribution in [0.15, 0.2) is 36.4 Å². The molecule has 0 saturated carbocycles. The highest BCUT2D eigenvalue weighted by Crippen LogP contribution is 2.25. The molecule has 104 valence electrons. The average molecular weight is 272 g/mol. The van der Waals surface area contributed by atoms with E-state index < -0.39 is 12.0 Å². The Kier molecular flexibility index (Phi) is 3.89. The van der Waals surface area contributed by atoms with Crippen LogP contribution < -0.4 is 11.1 Å². The van der Waals surface area contributed by atoms with Crippen LogP contribution >= 0.6 is 0 Å². The SMILES string of the molecule is CC(=O)NC(Cc1ccc(N)c2ccccc12)C(=O)O. The first-order valence-electron chi connectivity index (χ1n) is 6.25. The van der Waals surface area contributed by atoms with Crippen molar-refractivity contribution in [1.82, 2.24) is 5.32 Å². The average Bonchev–Trinajstić information content (AvgIpc) is 2.40. The van der Waals surface area contributed by atoms with Crippen molar-refractivity contribution >= 4 is 28.3 Å². The number of benzene rings is 2. The Morgan fingerprint density at radius 1 is 1.20 bits per heavy atom. The van der Waals surface area contributed by atoms with Gasteiger partial charge in [-0.25, -0.2) is 4.79 Å². The number of nitrogens with one attached hydrogen (secondary N) is 1. The standard InChI is InChI=1S/C15H16N2O3/c1-9(18)17-14(15(19)20)8-10-6-7-13(16)12-5-3-2-4-11(10)12/h2-7,14H,8,16H2,1H3,(H,17,18)(H,19,20). The number of nitrogens with two attached hydrogens (primary N) is 1. The van der Waals surface area contributed by atoms with Crippen LogP contribution in [0.5, 0.6) is 0 Å². The van der Waals surface area contributed by atoms with E-state index in [1.165, 1.54) is 6.92 Å². The van der Waals surface area contributed by atoms with Crippen molar-refractivity contribution in [2.45, 2.75) is 19.4 Å². The van der Waals surface area contributed by atoms with E-state index in [2.05, 4.69) is 5.32 Å². The van der Waals surface area contributed by atoms with Crippen molar-refractivity contribution in [3.05, 3.63) is 42.0 Å². The maximum Gasteiger partial charge on any atom is 0.326 e. The molecule has 0 radical (unpaired) electrons. The predicted octanol–water partition coefficient (Wildman–Crippen LogP) is 1.55. The second kappa shape index (κ2) is 5.61. The minimum Gasteiger partial charge on any atom is -0.480 e. The van der Waals surface area contributed by atoms with Gasteiger partial charge in [-0.05, 0) is 17.0 Å². The van der Waals surface area contributed by atoms with Gasteiger partial charge < -0.3 is 16.2 Å². The van der Waals surface area contributed by atoms with Gasteiger partial charge in [-0.3, -0.25) is 4.79 Å². The molecule has 0 aliphatic rings. The van der Waals surface area contributed by atoms with Gasteiger partial charge in [0.15, 0.2) is 0 Å². The van der Waals surface area contributed by atoms with Crippen molar-refractivity contribution in [3.63, 3.8) is 0 Å². The van der Waals surface area contributed by atoms with Crippen LogP contribution in [0, 0.1) is 0 Å². The third-order valence-corrected chi connectivity index (χ3v) is 3.15. The minimum atomic E-state index is -1.05. The number of hydrogen-bond acceptors (Lipinski definition) is 3. The molecule has 0 aliphatic heterocycles. The van der Waals surface area contributed by atoms with Crippen molar-refractivity contribution in [1.29, 1.82) is 0 Å². The summed E-state index contributed by atoms with van der Waals surface area (Å²) in [7, 11) is 0. The lowest BCUT2D eigenvalue weighted by molar-refractivity contribution is -0.141. The molecule has 0 spiro atoms. The summed E-state index contributed by atoms with van der Waals surface area (Å²) in [4.78, 5) is 22.3. The Labute approximate surface area is 116 Å². The van der Waals surface area contributed by atoms with E-state index in [0.717, 1.165) is 16.3 Å². The number of carbonyl (C=O) groups is 2. The fraction of sp³-hybridized carbons (Fsp3) is 0.200. The van der Waals surface area contributed by atoms with Crippen molar-refractivity contribution < 1.29 is 14.7 Å². The molecule has 0 saturated heterocycles. The molecule has 0 aliphatic carbocycles. The molecule has 0 bridgehead atoms. The van der Waals surface area contributed by atoms with Gasteiger partial charge in [0.2, 0.25) is 5.91 Å². The van der Waals surface area contributed by atoms with E-state index in [1.807, 2.05) is 24.3 Å². The maximum absolute atomic E-state index is 11.2. The van der Waals surface area contributed by atoms with Gasteiger partial charge in [-0.2, -0.15) is 0 Å². The summed E-state index contributed by atoms with van der Waals surface area (Å²) < 4.78 is 0. The normalized spacial score (nSPS) is 12.1. The number of carboxylic acid groups (broad SMARTS) is 1. The summed E-state index contributed by atoms with van der Waals surface area (Å²) >= 11 is 0. The van der Waals surface area contributed by atoms with Crippen molar-refractivity contribution in [2.75, 3.05) is 5.73 Å². The fourth-order valence-corrected chi connectivity index (χ4v) is 2.23. The number of anilines is 1. The number of carboxylic acids is 1. The molecular formula is C15H16N2O3. The first-order chi connectivity index (χ1) is 9.49. The van der Waals surface area contributed by atoms with Gasteiger partial charge in [0.05, 0.1) is 0 Å². The minimum absolute atomic E-state index is 0.218. The highest BCUT2D eigenvalue weighted by molar-refractivity contribution is 5.95. The summed E-state index contributed by atoms with van der Waals surface area (Å²) in [5.74, 6) is -1.42. The highest BCUT2D eigenvalue weighted by atomic mass is 16.4. The number of nitrogen functional groups attached to an aromatic ring is 1. The lowest BCUT2D eigenvalue weighted by Crippen LogP contribution is -2.41. The van der Waals surface area contributed by atoms with Crippen LogP contribution in [0.4, 0.5) is 5.69 Å². The smallest absolute Gasteiger partial charge is 0.326 e. The fourth-order valence-electron chi connectivity index (χ4n) is 2.23. The van der Waals surface area contributed by atoms with Crippen molar-refractivity contribution in [3.8, 4) is 0 Å². The Hall–Kier alpha value is -2.56. The van der Waals surface area contributed by atoms with Crippen LogP contribution in [-0.4, -0.2) is 23.0 Å². The first-order valence-corrected chi connectivity index (χ1v) is 6.25. The third-order valence-electron chi connectivity index (χ3n) is 3.15. The van der Waals surface area contributed by atoms with Gasteiger partial charge in [0.1, 0.15) is 6.04 Å². The zero-order valence-corrected chi connectivity index (χ0v) is 11.1. The summed E-state index contributed by atoms with van der Waals surface area (Å²) in [6.45, 7) is 1.30. The Balaban J connectivity index is 2.40. The van der Waals surface area contributed by atoms with Gasteiger partial charge in [0, 0.05) is 24.4 Å². The van der Waals surface area contributed by atoms with Gasteiger partial charge in [-0.1, -0.05) is 30.3 Å². The third kappa shape index (κ3) is 2.88. The Bertz CT molecular complexity index is 667. The molecule has 5 heteroatoms. The van der Waals surface area contributed by atoms with Crippen molar-refractivity contribution in [2.24, 2.45) is 0 Å². The van der Waals surface area contributed by atoms with Gasteiger partial charge in [-0.15, -0.1) is 0 Å². The van der Waals surface area contributed by atoms with Gasteiger partial charge in [0.25, 0.3) is 0 Å². The molecule has 1 atom stereocenters. The first kappa shape index (κ1) is 13.9. The number of amides is 1. The van der Waals surface area contributed by atoms with E-state index in [9.17, 15) is 14.7 Å². The topological polar surface area (TPSA) is 92.4 Å². The van der Waals surface area contributed by atoms with E-state index in [1.54, 1.807) is 12.1 Å². The number of carbonyl (C=O) groups excluding carboxylic acids is 1. The molecule has 2 aromatic rings. The van der Waals surface area contributed by atoms with E-state index in [-0.39, 0.29) is 12.3 Å². The maximum atomic E-state index is 11.2. The molecular weight excluding hydrogens is 256 g/mol. The predicted molar refractivity (Wildman–Crippen MR) is 77.3 cm³/mol. The Morgan fingerprint density at radius 2 is 1.85 bits per heavy atom. The molecule has 1 amide bonds. The molecule has 0 aromatic heterocycles.